The molecule has 25 heavy (non-hydrogen) atoms. The SMILES string of the molecule is N#Cc1ccc(N2C[C@H]3[C@H]([C@@H]4O[C@H]3C[C@H]4N)S2(O)O)cc1C(F)(F)F. The zero-order valence-electron chi connectivity index (χ0n) is 12.8. The lowest BCUT2D eigenvalue weighted by Crippen LogP contribution is -2.45. The minimum Gasteiger partial charge on any atom is -0.371 e. The largest absolute Gasteiger partial charge is 0.417 e. The van der Waals surface area contributed by atoms with Crippen LogP contribution in [0.15, 0.2) is 18.2 Å². The molecule has 4 N–H and O–H groups in total. The standard InChI is InChI=1S/C15H16F3N3O3S/c16-15(17,18)10-3-8(2-1-7(10)5-19)21-6-9-12-4-11(20)13(24-12)14(9)25(21,22)23/h1-3,9,11-14,22-23H,4,6,20H2/t9-,11-,12+,13-,14-/m1/s1. The van der Waals surface area contributed by atoms with E-state index >= 15 is 0 Å². The molecular formula is C15H16F3N3O3S. The number of ether oxygens (including phenoxy) is 1. The molecule has 6 nitrogen and oxygen atoms in total. The lowest BCUT2D eigenvalue weighted by molar-refractivity contribution is -0.137. The number of nitrogens with two attached hydrogens (primary N) is 1. The molecule has 3 aliphatic rings. The fourth-order valence-corrected chi connectivity index (χ4v) is 6.64. The Morgan fingerprint density at radius 1 is 1.36 bits per heavy atom. The van der Waals surface area contributed by atoms with Crippen LogP contribution in [0.25, 0.3) is 0 Å². The van der Waals surface area contributed by atoms with Gasteiger partial charge in [0.15, 0.2) is 0 Å². The summed E-state index contributed by atoms with van der Waals surface area (Å²) < 4.78 is 67.9. The van der Waals surface area contributed by atoms with Crippen LogP contribution in [0.3, 0.4) is 0 Å². The molecule has 1 aromatic carbocycles. The molecule has 136 valence electrons. The van der Waals surface area contributed by atoms with Crippen molar-refractivity contribution in [1.29, 1.82) is 5.26 Å². The van der Waals surface area contributed by atoms with Crippen molar-refractivity contribution in [2.24, 2.45) is 11.7 Å². The van der Waals surface area contributed by atoms with Crippen molar-refractivity contribution >= 4 is 16.5 Å². The van der Waals surface area contributed by atoms with Gasteiger partial charge in [0.1, 0.15) is 5.25 Å². The first-order valence-electron chi connectivity index (χ1n) is 7.71. The predicted molar refractivity (Wildman–Crippen MR) is 84.9 cm³/mol. The van der Waals surface area contributed by atoms with Crippen LogP contribution in [0.5, 0.6) is 0 Å². The van der Waals surface area contributed by atoms with Crippen molar-refractivity contribution in [1.82, 2.24) is 0 Å². The van der Waals surface area contributed by atoms with Gasteiger partial charge in [-0.1, -0.05) is 0 Å². The molecule has 0 saturated carbocycles. The summed E-state index contributed by atoms with van der Waals surface area (Å²) in [5.41, 5.74) is 4.41. The van der Waals surface area contributed by atoms with Gasteiger partial charge in [0, 0.05) is 18.5 Å². The van der Waals surface area contributed by atoms with E-state index < -0.39 is 39.4 Å². The molecule has 3 heterocycles. The third-order valence-corrected chi connectivity index (χ3v) is 7.62. The van der Waals surface area contributed by atoms with Crippen LogP contribution in [0.4, 0.5) is 18.9 Å². The van der Waals surface area contributed by atoms with Gasteiger partial charge in [-0.3, -0.25) is 13.4 Å². The third kappa shape index (κ3) is 2.34. The summed E-state index contributed by atoms with van der Waals surface area (Å²) in [6.45, 7) is 0.185. The van der Waals surface area contributed by atoms with Crippen molar-refractivity contribution in [3.8, 4) is 6.07 Å². The van der Waals surface area contributed by atoms with Crippen molar-refractivity contribution < 1.29 is 27.0 Å². The fraction of sp³-hybridized carbons (Fsp3) is 0.533. The number of fused-ring (bicyclic) bond motifs is 5. The molecule has 3 fully saturated rings. The van der Waals surface area contributed by atoms with E-state index in [0.717, 1.165) is 12.1 Å². The summed E-state index contributed by atoms with van der Waals surface area (Å²) in [6, 6.07) is 4.38. The minimum atomic E-state index is -4.70. The molecule has 5 atom stereocenters. The van der Waals surface area contributed by atoms with Gasteiger partial charge < -0.3 is 10.5 Å². The summed E-state index contributed by atoms with van der Waals surface area (Å²) >= 11 is 0. The molecule has 3 aliphatic heterocycles. The van der Waals surface area contributed by atoms with Gasteiger partial charge >= 0.3 is 6.18 Å². The quantitative estimate of drug-likeness (QED) is 0.697. The van der Waals surface area contributed by atoms with Crippen LogP contribution in [0.1, 0.15) is 17.5 Å². The molecule has 0 unspecified atom stereocenters. The Labute approximate surface area is 143 Å². The molecule has 10 heteroatoms. The van der Waals surface area contributed by atoms with E-state index in [1.54, 1.807) is 0 Å². The average Bonchev–Trinajstić information content (AvgIpc) is 3.15. The van der Waals surface area contributed by atoms with Crippen molar-refractivity contribution in [2.45, 2.75) is 36.1 Å². The Balaban J connectivity index is 1.73. The molecule has 0 aliphatic carbocycles. The highest BCUT2D eigenvalue weighted by Gasteiger charge is 2.63. The van der Waals surface area contributed by atoms with E-state index in [1.165, 1.54) is 16.4 Å². The highest BCUT2D eigenvalue weighted by molar-refractivity contribution is 8.26. The first kappa shape index (κ1) is 16.9. The maximum atomic E-state index is 13.2. The second kappa shape index (κ2) is 5.25. The summed E-state index contributed by atoms with van der Waals surface area (Å²) in [5, 5.41) is 8.29. The van der Waals surface area contributed by atoms with E-state index in [4.69, 9.17) is 15.7 Å². The topological polar surface area (TPSA) is 103 Å². The maximum Gasteiger partial charge on any atom is 0.417 e. The van der Waals surface area contributed by atoms with Crippen molar-refractivity contribution in [2.75, 3.05) is 10.8 Å². The Morgan fingerprint density at radius 3 is 2.72 bits per heavy atom. The van der Waals surface area contributed by atoms with E-state index in [0.29, 0.717) is 6.42 Å². The molecule has 4 rings (SSSR count). The number of anilines is 1. The van der Waals surface area contributed by atoms with Crippen LogP contribution in [0.2, 0.25) is 0 Å². The number of alkyl halides is 3. The Hall–Kier alpha value is -1.51. The first-order chi connectivity index (χ1) is 11.6. The summed E-state index contributed by atoms with van der Waals surface area (Å²) in [5.74, 6) is -0.181. The number of benzene rings is 1. The highest BCUT2D eigenvalue weighted by atomic mass is 32.3. The van der Waals surface area contributed by atoms with E-state index in [2.05, 4.69) is 0 Å². The molecule has 2 bridgehead atoms. The zero-order chi connectivity index (χ0) is 18.1. The van der Waals surface area contributed by atoms with E-state index in [9.17, 15) is 22.3 Å². The van der Waals surface area contributed by atoms with Gasteiger partial charge in [-0.15, -0.1) is 10.8 Å². The van der Waals surface area contributed by atoms with Crippen LogP contribution >= 0.6 is 10.8 Å². The van der Waals surface area contributed by atoms with Gasteiger partial charge in [-0.25, -0.2) is 0 Å². The molecule has 0 amide bonds. The lowest BCUT2D eigenvalue weighted by atomic mass is 9.86. The third-order valence-electron chi connectivity index (χ3n) is 5.26. The second-order valence-electron chi connectivity index (χ2n) is 6.63. The highest BCUT2D eigenvalue weighted by Crippen LogP contribution is 2.65. The van der Waals surface area contributed by atoms with Crippen molar-refractivity contribution in [3.63, 3.8) is 0 Å². The molecular weight excluding hydrogens is 359 g/mol. The number of halogens is 3. The Morgan fingerprint density at radius 2 is 2.08 bits per heavy atom. The van der Waals surface area contributed by atoms with Crippen LogP contribution in [-0.2, 0) is 10.9 Å². The van der Waals surface area contributed by atoms with Crippen LogP contribution in [0, 0.1) is 17.2 Å². The summed E-state index contributed by atoms with van der Waals surface area (Å²) in [7, 11) is -3.39. The van der Waals surface area contributed by atoms with Gasteiger partial charge in [0.05, 0.1) is 35.1 Å². The monoisotopic (exact) mass is 375 g/mol. The van der Waals surface area contributed by atoms with E-state index in [1.807, 2.05) is 0 Å². The smallest absolute Gasteiger partial charge is 0.371 e. The zero-order valence-corrected chi connectivity index (χ0v) is 13.7. The normalized spacial score (nSPS) is 37.0. The second-order valence-corrected chi connectivity index (χ2v) is 8.74. The number of nitrogens with zero attached hydrogens (tertiary/aromatic N) is 2. The molecule has 0 radical (unpaired) electrons. The molecule has 0 spiro atoms. The predicted octanol–water partition coefficient (Wildman–Crippen LogP) is 2.55. The summed E-state index contributed by atoms with van der Waals surface area (Å²) in [6.07, 6.45) is -4.80. The molecule has 0 aromatic heterocycles. The fourth-order valence-electron chi connectivity index (χ4n) is 4.18. The first-order valence-corrected chi connectivity index (χ1v) is 9.28. The Bertz CT molecular complexity index is 767. The van der Waals surface area contributed by atoms with Crippen LogP contribution < -0.4 is 10.0 Å². The van der Waals surface area contributed by atoms with Gasteiger partial charge in [-0.05, 0) is 24.6 Å². The number of nitriles is 1. The van der Waals surface area contributed by atoms with Gasteiger partial charge in [-0.2, -0.15) is 18.4 Å². The van der Waals surface area contributed by atoms with Gasteiger partial charge in [0.25, 0.3) is 0 Å². The number of hydrogen-bond donors (Lipinski definition) is 3. The average molecular weight is 375 g/mol. The van der Waals surface area contributed by atoms with Gasteiger partial charge in [0.2, 0.25) is 0 Å². The van der Waals surface area contributed by atoms with E-state index in [-0.39, 0.29) is 30.3 Å². The lowest BCUT2D eigenvalue weighted by Gasteiger charge is -2.44. The number of hydrogen-bond acceptors (Lipinski definition) is 6. The Kier molecular flexibility index (Phi) is 3.55. The summed E-state index contributed by atoms with van der Waals surface area (Å²) in [4.78, 5) is 0. The molecule has 3 saturated heterocycles. The number of rotatable bonds is 1. The molecule has 1 aromatic rings. The maximum absolute atomic E-state index is 13.2. The van der Waals surface area contributed by atoms with Crippen LogP contribution in [-0.4, -0.2) is 39.1 Å². The van der Waals surface area contributed by atoms with Crippen molar-refractivity contribution in [3.05, 3.63) is 29.3 Å². The minimum absolute atomic E-state index is 0.0358.